The van der Waals surface area contributed by atoms with E-state index in [9.17, 15) is 9.59 Å². The van der Waals surface area contributed by atoms with Gasteiger partial charge in [0.1, 0.15) is 10.7 Å². The monoisotopic (exact) mass is 428 g/mol. The Labute approximate surface area is 175 Å². The molecule has 12 heteroatoms. The van der Waals surface area contributed by atoms with E-state index in [0.717, 1.165) is 38.0 Å². The number of fused-ring (bicyclic) bond motifs is 1. The summed E-state index contributed by atoms with van der Waals surface area (Å²) in [6, 6.07) is 0. The SMILES string of the molecule is Cc1c(/C=N\N(C=O)Cc2ncoc2C(N)=O)c2sc(CC(=N)/C=C\N)nc2n1C. The third-order valence-corrected chi connectivity index (χ3v) is 5.46. The average Bonchev–Trinajstić information content (AvgIpc) is 3.38. The Morgan fingerprint density at radius 1 is 1.50 bits per heavy atom. The first-order valence-corrected chi connectivity index (χ1v) is 9.55. The number of nitrogens with zero attached hydrogens (tertiary/aromatic N) is 5. The normalized spacial score (nSPS) is 11.7. The first-order chi connectivity index (χ1) is 14.3. The summed E-state index contributed by atoms with van der Waals surface area (Å²) in [4.78, 5) is 31.3. The summed E-state index contributed by atoms with van der Waals surface area (Å²) in [5, 5.41) is 14.0. The highest BCUT2D eigenvalue weighted by atomic mass is 32.1. The lowest BCUT2D eigenvalue weighted by molar-refractivity contribution is -0.118. The minimum Gasteiger partial charge on any atom is -0.438 e. The number of hydrogen-bond acceptors (Lipinski definition) is 9. The van der Waals surface area contributed by atoms with Gasteiger partial charge in [-0.3, -0.25) is 9.59 Å². The smallest absolute Gasteiger partial charge is 0.286 e. The maximum absolute atomic E-state index is 11.5. The molecule has 0 spiro atoms. The van der Waals surface area contributed by atoms with E-state index < -0.39 is 5.91 Å². The van der Waals surface area contributed by atoms with Crippen molar-refractivity contribution in [2.45, 2.75) is 19.9 Å². The molecule has 0 radical (unpaired) electrons. The number of amides is 2. The standard InChI is InChI=1S/C18H20N8O3S/c1-10-12(6-23-26(9-27)7-13-15(17(21)28)29-8-22-13)16-18(25(10)2)24-14(30-16)5-11(20)3-4-19/h3-4,6,8-9,20H,5,7,19H2,1-2H3,(H2,21,28)/b4-3-,20-11?,23-6-. The van der Waals surface area contributed by atoms with Crippen LogP contribution in [0, 0.1) is 12.3 Å². The second-order valence-electron chi connectivity index (χ2n) is 6.32. The van der Waals surface area contributed by atoms with Crippen LogP contribution in [0.3, 0.4) is 0 Å². The van der Waals surface area contributed by atoms with Gasteiger partial charge in [0.2, 0.25) is 12.2 Å². The minimum absolute atomic E-state index is 0.0691. The molecule has 3 aromatic rings. The van der Waals surface area contributed by atoms with Gasteiger partial charge < -0.3 is 25.9 Å². The Morgan fingerprint density at radius 3 is 2.93 bits per heavy atom. The summed E-state index contributed by atoms with van der Waals surface area (Å²) in [5.74, 6) is -0.887. The van der Waals surface area contributed by atoms with Crippen LogP contribution >= 0.6 is 11.3 Å². The fourth-order valence-corrected chi connectivity index (χ4v) is 3.98. The van der Waals surface area contributed by atoms with Crippen molar-refractivity contribution >= 4 is 45.9 Å². The number of aromatic nitrogens is 3. The van der Waals surface area contributed by atoms with Crippen LogP contribution in [0.1, 0.15) is 32.5 Å². The van der Waals surface area contributed by atoms with Crippen molar-refractivity contribution in [1.82, 2.24) is 19.5 Å². The highest BCUT2D eigenvalue weighted by Gasteiger charge is 2.18. The molecule has 2 amide bonds. The van der Waals surface area contributed by atoms with Crippen molar-refractivity contribution in [2.24, 2.45) is 23.6 Å². The summed E-state index contributed by atoms with van der Waals surface area (Å²) >= 11 is 1.45. The van der Waals surface area contributed by atoms with Gasteiger partial charge >= 0.3 is 0 Å². The van der Waals surface area contributed by atoms with Crippen molar-refractivity contribution in [1.29, 1.82) is 5.41 Å². The molecule has 0 atom stereocenters. The first-order valence-electron chi connectivity index (χ1n) is 8.74. The van der Waals surface area contributed by atoms with Gasteiger partial charge in [0.05, 0.1) is 17.5 Å². The van der Waals surface area contributed by atoms with E-state index in [2.05, 4.69) is 15.1 Å². The fraction of sp³-hybridized carbons (Fsp3) is 0.222. The van der Waals surface area contributed by atoms with Crippen LogP contribution < -0.4 is 11.5 Å². The first kappa shape index (κ1) is 20.9. The van der Waals surface area contributed by atoms with Crippen molar-refractivity contribution in [3.8, 4) is 0 Å². The fourth-order valence-electron chi connectivity index (χ4n) is 2.80. The Hall–Kier alpha value is -3.80. The zero-order valence-electron chi connectivity index (χ0n) is 16.3. The van der Waals surface area contributed by atoms with Crippen LogP contribution in [0.15, 0.2) is 28.2 Å². The van der Waals surface area contributed by atoms with Gasteiger partial charge in [0.15, 0.2) is 12.0 Å². The zero-order chi connectivity index (χ0) is 21.8. The molecule has 30 heavy (non-hydrogen) atoms. The molecule has 5 N–H and O–H groups in total. The van der Waals surface area contributed by atoms with Gasteiger partial charge in [-0.15, -0.1) is 11.3 Å². The van der Waals surface area contributed by atoms with Crippen LogP contribution in [0.5, 0.6) is 0 Å². The molecule has 3 rings (SSSR count). The Kier molecular flexibility index (Phi) is 6.06. The number of rotatable bonds is 9. The number of primary amides is 1. The van der Waals surface area contributed by atoms with Crippen LogP contribution in [0.2, 0.25) is 0 Å². The van der Waals surface area contributed by atoms with Crippen molar-refractivity contribution in [3.05, 3.63) is 46.4 Å². The van der Waals surface area contributed by atoms with Crippen molar-refractivity contribution in [3.63, 3.8) is 0 Å². The molecule has 0 saturated carbocycles. The number of thiazole rings is 1. The highest BCUT2D eigenvalue weighted by Crippen LogP contribution is 2.29. The van der Waals surface area contributed by atoms with Crippen molar-refractivity contribution < 1.29 is 14.0 Å². The second-order valence-corrected chi connectivity index (χ2v) is 7.40. The molecule has 11 nitrogen and oxygen atoms in total. The molecule has 3 heterocycles. The molecule has 0 aliphatic rings. The molecule has 0 unspecified atom stereocenters. The molecule has 0 bridgehead atoms. The van der Waals surface area contributed by atoms with Gasteiger partial charge in [-0.25, -0.2) is 15.0 Å². The zero-order valence-corrected chi connectivity index (χ0v) is 17.1. The molecule has 156 valence electrons. The Morgan fingerprint density at radius 2 is 2.27 bits per heavy atom. The average molecular weight is 428 g/mol. The van der Waals surface area contributed by atoms with E-state index in [0.29, 0.717) is 18.5 Å². The van der Waals surface area contributed by atoms with Crippen LogP contribution in [0.25, 0.3) is 10.3 Å². The van der Waals surface area contributed by atoms with Gasteiger partial charge in [-0.2, -0.15) is 5.10 Å². The summed E-state index contributed by atoms with van der Waals surface area (Å²) < 4.78 is 7.76. The summed E-state index contributed by atoms with van der Waals surface area (Å²) in [5.41, 5.74) is 13.6. The van der Waals surface area contributed by atoms with Crippen LogP contribution in [-0.2, 0) is 24.8 Å². The third-order valence-electron chi connectivity index (χ3n) is 4.38. The molecule has 0 fully saturated rings. The van der Waals surface area contributed by atoms with E-state index in [1.54, 1.807) is 6.21 Å². The summed E-state index contributed by atoms with van der Waals surface area (Å²) in [6.07, 6.45) is 6.37. The predicted octanol–water partition coefficient (Wildman–Crippen LogP) is 1.06. The molecule has 0 aromatic carbocycles. The molecule has 3 aromatic heterocycles. The number of carbonyl (C=O) groups excluding carboxylic acids is 2. The minimum atomic E-state index is -0.773. The van der Waals surface area contributed by atoms with Gasteiger partial charge in [0, 0.05) is 30.4 Å². The van der Waals surface area contributed by atoms with Gasteiger partial charge in [-0.05, 0) is 19.2 Å². The van der Waals surface area contributed by atoms with Crippen LogP contribution in [-0.4, -0.2) is 43.8 Å². The highest BCUT2D eigenvalue weighted by molar-refractivity contribution is 7.19. The molecular weight excluding hydrogens is 408 g/mol. The lowest BCUT2D eigenvalue weighted by atomic mass is 10.3. The second kappa shape index (κ2) is 8.69. The molecule has 0 saturated heterocycles. The predicted molar refractivity (Wildman–Crippen MR) is 112 cm³/mol. The van der Waals surface area contributed by atoms with E-state index in [1.165, 1.54) is 23.6 Å². The summed E-state index contributed by atoms with van der Waals surface area (Å²) in [7, 11) is 1.88. The number of nitrogens with two attached hydrogens (primary N) is 2. The quantitative estimate of drug-likeness (QED) is 0.261. The Bertz CT molecular complexity index is 1170. The van der Waals surface area contributed by atoms with E-state index in [1.807, 2.05) is 18.5 Å². The molecular formula is C18H20N8O3S. The topological polar surface area (TPSA) is 169 Å². The number of nitrogens with one attached hydrogen (secondary N) is 1. The number of carbonyl (C=O) groups is 2. The lowest BCUT2D eigenvalue weighted by Crippen LogP contribution is -2.19. The third kappa shape index (κ3) is 4.12. The van der Waals surface area contributed by atoms with Gasteiger partial charge in [0.25, 0.3) is 5.91 Å². The van der Waals surface area contributed by atoms with E-state index in [4.69, 9.17) is 21.3 Å². The lowest BCUT2D eigenvalue weighted by Gasteiger charge is -2.09. The summed E-state index contributed by atoms with van der Waals surface area (Å²) in [6.45, 7) is 1.85. The van der Waals surface area contributed by atoms with Crippen LogP contribution in [0.4, 0.5) is 0 Å². The Balaban J connectivity index is 1.88. The maximum Gasteiger partial charge on any atom is 0.286 e. The molecule has 0 aliphatic carbocycles. The van der Waals surface area contributed by atoms with Crippen molar-refractivity contribution in [2.75, 3.05) is 0 Å². The number of oxazole rings is 1. The number of allylic oxidation sites excluding steroid dienone is 1. The largest absolute Gasteiger partial charge is 0.438 e. The van der Waals surface area contributed by atoms with E-state index in [-0.39, 0.29) is 18.0 Å². The van der Waals surface area contributed by atoms with Gasteiger partial charge in [-0.1, -0.05) is 0 Å². The number of hydrogen-bond donors (Lipinski definition) is 3. The van der Waals surface area contributed by atoms with E-state index >= 15 is 0 Å². The number of hydrazone groups is 1. The number of aryl methyl sites for hydroxylation is 1. The molecule has 0 aliphatic heterocycles. The maximum atomic E-state index is 11.5.